The maximum Gasteiger partial charge on any atom is 0.0125 e. The minimum Gasteiger partial charge on any atom is -0.319 e. The molecule has 13 heavy (non-hydrogen) atoms. The highest BCUT2D eigenvalue weighted by atomic mass is 15.2. The lowest BCUT2D eigenvalue weighted by Crippen LogP contribution is -2.47. The summed E-state index contributed by atoms with van der Waals surface area (Å²) in [5.74, 6) is 0.906. The monoisotopic (exact) mass is 184 g/mol. The molecule has 1 saturated heterocycles. The average Bonchev–Trinajstić information content (AvgIpc) is 2.04. The van der Waals surface area contributed by atoms with Crippen molar-refractivity contribution in [1.82, 2.24) is 10.2 Å². The van der Waals surface area contributed by atoms with Crippen molar-refractivity contribution in [2.75, 3.05) is 26.7 Å². The molecular weight excluding hydrogens is 160 g/mol. The topological polar surface area (TPSA) is 15.3 Å². The average molecular weight is 184 g/mol. The van der Waals surface area contributed by atoms with E-state index in [9.17, 15) is 0 Å². The van der Waals surface area contributed by atoms with Crippen LogP contribution in [0.5, 0.6) is 0 Å². The maximum absolute atomic E-state index is 3.27. The van der Waals surface area contributed by atoms with E-state index in [1.807, 2.05) is 0 Å². The SMILES string of the molecule is CNCC1CCN(C(C)(C)C)CC1. The highest BCUT2D eigenvalue weighted by molar-refractivity contribution is 4.82. The molecule has 0 aliphatic carbocycles. The second-order valence-electron chi connectivity index (χ2n) is 5.16. The fraction of sp³-hybridized carbons (Fsp3) is 1.00. The molecular formula is C11H24N2. The zero-order valence-electron chi connectivity index (χ0n) is 9.56. The molecule has 2 nitrogen and oxygen atoms in total. The Morgan fingerprint density at radius 2 is 1.77 bits per heavy atom. The lowest BCUT2D eigenvalue weighted by atomic mass is 9.93. The first-order valence-corrected chi connectivity index (χ1v) is 5.43. The third-order valence-electron chi connectivity index (χ3n) is 3.06. The molecule has 0 saturated carbocycles. The molecule has 0 amide bonds. The summed E-state index contributed by atoms with van der Waals surface area (Å²) in [6, 6.07) is 0. The summed E-state index contributed by atoms with van der Waals surface area (Å²) in [5.41, 5.74) is 0.366. The van der Waals surface area contributed by atoms with Crippen molar-refractivity contribution in [2.24, 2.45) is 5.92 Å². The van der Waals surface area contributed by atoms with Crippen LogP contribution in [0.4, 0.5) is 0 Å². The van der Waals surface area contributed by atoms with Crippen molar-refractivity contribution in [3.8, 4) is 0 Å². The molecule has 0 unspecified atom stereocenters. The Balaban J connectivity index is 2.30. The van der Waals surface area contributed by atoms with Crippen molar-refractivity contribution in [3.05, 3.63) is 0 Å². The smallest absolute Gasteiger partial charge is 0.0125 e. The molecule has 78 valence electrons. The van der Waals surface area contributed by atoms with Crippen molar-refractivity contribution >= 4 is 0 Å². The van der Waals surface area contributed by atoms with Gasteiger partial charge in [-0.15, -0.1) is 0 Å². The number of hydrogen-bond acceptors (Lipinski definition) is 2. The minimum atomic E-state index is 0.366. The first-order chi connectivity index (χ1) is 6.04. The van der Waals surface area contributed by atoms with E-state index < -0.39 is 0 Å². The van der Waals surface area contributed by atoms with Crippen LogP contribution in [0.25, 0.3) is 0 Å². The summed E-state index contributed by atoms with van der Waals surface area (Å²) in [6.45, 7) is 10.7. The van der Waals surface area contributed by atoms with Crippen LogP contribution in [0, 0.1) is 5.92 Å². The van der Waals surface area contributed by atoms with Gasteiger partial charge < -0.3 is 5.32 Å². The highest BCUT2D eigenvalue weighted by Gasteiger charge is 2.26. The van der Waals surface area contributed by atoms with Gasteiger partial charge in [-0.05, 0) is 66.2 Å². The molecule has 0 aromatic rings. The second-order valence-corrected chi connectivity index (χ2v) is 5.16. The third-order valence-corrected chi connectivity index (χ3v) is 3.06. The quantitative estimate of drug-likeness (QED) is 0.703. The molecule has 1 aliphatic heterocycles. The highest BCUT2D eigenvalue weighted by Crippen LogP contribution is 2.22. The second kappa shape index (κ2) is 4.43. The number of nitrogens with zero attached hydrogens (tertiary/aromatic N) is 1. The van der Waals surface area contributed by atoms with Crippen LogP contribution in [0.1, 0.15) is 33.6 Å². The van der Waals surface area contributed by atoms with Crippen LogP contribution in [0.2, 0.25) is 0 Å². The van der Waals surface area contributed by atoms with E-state index in [1.54, 1.807) is 0 Å². The summed E-state index contributed by atoms with van der Waals surface area (Å²) in [7, 11) is 2.05. The predicted molar refractivity (Wildman–Crippen MR) is 58.0 cm³/mol. The molecule has 1 N–H and O–H groups in total. The van der Waals surface area contributed by atoms with E-state index in [-0.39, 0.29) is 0 Å². The molecule has 0 atom stereocenters. The van der Waals surface area contributed by atoms with Gasteiger partial charge in [0.25, 0.3) is 0 Å². The van der Waals surface area contributed by atoms with E-state index in [2.05, 4.69) is 38.0 Å². The standard InChI is InChI=1S/C11H24N2/c1-11(2,3)13-7-5-10(6-8-13)9-12-4/h10,12H,5-9H2,1-4H3. The van der Waals surface area contributed by atoms with E-state index in [4.69, 9.17) is 0 Å². The molecule has 0 bridgehead atoms. The van der Waals surface area contributed by atoms with Crippen LogP contribution in [-0.4, -0.2) is 37.1 Å². The van der Waals surface area contributed by atoms with Gasteiger partial charge in [0.2, 0.25) is 0 Å². The minimum absolute atomic E-state index is 0.366. The summed E-state index contributed by atoms with van der Waals surface area (Å²) in [5, 5.41) is 3.27. The van der Waals surface area contributed by atoms with Gasteiger partial charge in [0.15, 0.2) is 0 Å². The van der Waals surface area contributed by atoms with Gasteiger partial charge in [-0.3, -0.25) is 4.90 Å². The maximum atomic E-state index is 3.27. The van der Waals surface area contributed by atoms with Crippen molar-refractivity contribution in [1.29, 1.82) is 0 Å². The Labute approximate surface area is 82.7 Å². The van der Waals surface area contributed by atoms with Gasteiger partial charge in [-0.1, -0.05) is 0 Å². The van der Waals surface area contributed by atoms with Crippen LogP contribution in [-0.2, 0) is 0 Å². The molecule has 0 spiro atoms. The molecule has 1 fully saturated rings. The van der Waals surface area contributed by atoms with E-state index >= 15 is 0 Å². The van der Waals surface area contributed by atoms with E-state index in [0.717, 1.165) is 5.92 Å². The summed E-state index contributed by atoms with van der Waals surface area (Å²) in [4.78, 5) is 2.60. The van der Waals surface area contributed by atoms with Crippen LogP contribution in [0.15, 0.2) is 0 Å². The normalized spacial score (nSPS) is 22.2. The number of hydrogen-bond donors (Lipinski definition) is 1. The zero-order valence-corrected chi connectivity index (χ0v) is 9.56. The van der Waals surface area contributed by atoms with Crippen molar-refractivity contribution < 1.29 is 0 Å². The van der Waals surface area contributed by atoms with Crippen molar-refractivity contribution in [2.45, 2.75) is 39.2 Å². The Morgan fingerprint density at radius 1 is 1.23 bits per heavy atom. The number of piperidine rings is 1. The fourth-order valence-electron chi connectivity index (χ4n) is 2.10. The number of likely N-dealkylation sites (tertiary alicyclic amines) is 1. The Morgan fingerprint density at radius 3 is 2.15 bits per heavy atom. The molecule has 1 aliphatic rings. The Hall–Kier alpha value is -0.0800. The first-order valence-electron chi connectivity index (χ1n) is 5.43. The fourth-order valence-corrected chi connectivity index (χ4v) is 2.10. The molecule has 2 heteroatoms. The van der Waals surface area contributed by atoms with Crippen LogP contribution in [0.3, 0.4) is 0 Å². The predicted octanol–water partition coefficient (Wildman–Crippen LogP) is 1.72. The molecule has 1 rings (SSSR count). The Kier molecular flexibility index (Phi) is 3.74. The Bertz CT molecular complexity index is 141. The third kappa shape index (κ3) is 3.28. The van der Waals surface area contributed by atoms with Gasteiger partial charge in [-0.25, -0.2) is 0 Å². The van der Waals surface area contributed by atoms with E-state index in [0.29, 0.717) is 5.54 Å². The number of nitrogens with one attached hydrogen (secondary N) is 1. The van der Waals surface area contributed by atoms with Gasteiger partial charge in [0.1, 0.15) is 0 Å². The summed E-state index contributed by atoms with van der Waals surface area (Å²) < 4.78 is 0. The van der Waals surface area contributed by atoms with Crippen LogP contribution < -0.4 is 5.32 Å². The molecule has 0 aromatic carbocycles. The molecule has 1 heterocycles. The number of rotatable bonds is 2. The van der Waals surface area contributed by atoms with E-state index in [1.165, 1.54) is 32.5 Å². The van der Waals surface area contributed by atoms with Crippen molar-refractivity contribution in [3.63, 3.8) is 0 Å². The zero-order chi connectivity index (χ0) is 9.90. The van der Waals surface area contributed by atoms with Gasteiger partial charge in [-0.2, -0.15) is 0 Å². The largest absolute Gasteiger partial charge is 0.319 e. The van der Waals surface area contributed by atoms with Gasteiger partial charge in [0, 0.05) is 5.54 Å². The lowest BCUT2D eigenvalue weighted by Gasteiger charge is -2.40. The van der Waals surface area contributed by atoms with Gasteiger partial charge in [0.05, 0.1) is 0 Å². The summed E-state index contributed by atoms with van der Waals surface area (Å²) in [6.07, 6.45) is 2.72. The first kappa shape index (κ1) is 11.0. The summed E-state index contributed by atoms with van der Waals surface area (Å²) >= 11 is 0. The van der Waals surface area contributed by atoms with Crippen LogP contribution >= 0.6 is 0 Å². The van der Waals surface area contributed by atoms with Gasteiger partial charge >= 0.3 is 0 Å². The molecule has 0 radical (unpaired) electrons. The molecule has 0 aromatic heterocycles. The lowest BCUT2D eigenvalue weighted by molar-refractivity contribution is 0.0878.